The minimum Gasteiger partial charge on any atom is -0.356 e. The summed E-state index contributed by atoms with van der Waals surface area (Å²) in [6, 6.07) is 0. The maximum absolute atomic E-state index is 11.7. The lowest BCUT2D eigenvalue weighted by Crippen LogP contribution is -2.35. The molecule has 0 aliphatic rings. The van der Waals surface area contributed by atoms with Gasteiger partial charge >= 0.3 is 0 Å². The summed E-state index contributed by atoms with van der Waals surface area (Å²) in [4.78, 5) is 28.0. The predicted octanol–water partition coefficient (Wildman–Crippen LogP) is 1.07. The lowest BCUT2D eigenvalue weighted by Gasteiger charge is -2.18. The van der Waals surface area contributed by atoms with Crippen LogP contribution in [0.3, 0.4) is 0 Å². The van der Waals surface area contributed by atoms with E-state index in [4.69, 9.17) is 0 Å². The van der Waals surface area contributed by atoms with Crippen molar-refractivity contribution < 1.29 is 9.59 Å². The fourth-order valence-electron chi connectivity index (χ4n) is 2.41. The van der Waals surface area contributed by atoms with Gasteiger partial charge in [0.25, 0.3) is 0 Å². The van der Waals surface area contributed by atoms with Gasteiger partial charge in [0.1, 0.15) is 6.42 Å². The molecule has 0 radical (unpaired) electrons. The zero-order valence-electron chi connectivity index (χ0n) is 15.5. The van der Waals surface area contributed by atoms with E-state index in [-0.39, 0.29) is 18.2 Å². The van der Waals surface area contributed by atoms with Gasteiger partial charge in [-0.2, -0.15) is 0 Å². The number of hydrogen-bond donors (Lipinski definition) is 2. The second-order valence-electron chi connectivity index (χ2n) is 5.64. The van der Waals surface area contributed by atoms with Gasteiger partial charge in [0, 0.05) is 13.1 Å². The van der Waals surface area contributed by atoms with Crippen molar-refractivity contribution in [3.05, 3.63) is 0 Å². The Kier molecular flexibility index (Phi) is 13.7. The second-order valence-corrected chi connectivity index (χ2v) is 5.64. The van der Waals surface area contributed by atoms with Crippen molar-refractivity contribution in [2.45, 2.75) is 47.0 Å². The van der Waals surface area contributed by atoms with E-state index >= 15 is 0 Å². The molecule has 23 heavy (non-hydrogen) atoms. The van der Waals surface area contributed by atoms with Crippen LogP contribution in [0.15, 0.2) is 0 Å². The van der Waals surface area contributed by atoms with Crippen molar-refractivity contribution in [2.75, 3.05) is 52.4 Å². The summed E-state index contributed by atoms with van der Waals surface area (Å²) in [7, 11) is 0. The number of hydrogen-bond acceptors (Lipinski definition) is 4. The molecule has 0 aromatic rings. The molecule has 6 nitrogen and oxygen atoms in total. The molecular formula is C17H36N4O2. The highest BCUT2D eigenvalue weighted by atomic mass is 16.2. The maximum Gasteiger partial charge on any atom is 0.229 e. The van der Waals surface area contributed by atoms with Gasteiger partial charge in [-0.1, -0.05) is 27.7 Å². The van der Waals surface area contributed by atoms with E-state index in [1.54, 1.807) is 0 Å². The van der Waals surface area contributed by atoms with Crippen molar-refractivity contribution in [1.82, 2.24) is 20.4 Å². The van der Waals surface area contributed by atoms with Crippen LogP contribution in [-0.4, -0.2) is 74.0 Å². The average Bonchev–Trinajstić information content (AvgIpc) is 2.55. The molecule has 0 atom stereocenters. The molecule has 0 aromatic carbocycles. The smallest absolute Gasteiger partial charge is 0.229 e. The Bertz CT molecular complexity index is 286. The van der Waals surface area contributed by atoms with E-state index < -0.39 is 0 Å². The van der Waals surface area contributed by atoms with E-state index in [9.17, 15) is 9.59 Å². The van der Waals surface area contributed by atoms with Crippen LogP contribution >= 0.6 is 0 Å². The Morgan fingerprint density at radius 3 is 1.35 bits per heavy atom. The first-order valence-electron chi connectivity index (χ1n) is 9.05. The van der Waals surface area contributed by atoms with Crippen LogP contribution in [-0.2, 0) is 9.59 Å². The Morgan fingerprint density at radius 1 is 0.696 bits per heavy atom. The van der Waals surface area contributed by atoms with Crippen molar-refractivity contribution in [2.24, 2.45) is 0 Å². The molecule has 136 valence electrons. The molecule has 2 N–H and O–H groups in total. The van der Waals surface area contributed by atoms with Crippen LogP contribution in [0, 0.1) is 0 Å². The number of carbonyl (C=O) groups excluding carboxylic acids is 2. The lowest BCUT2D eigenvalue weighted by molar-refractivity contribution is -0.129. The van der Waals surface area contributed by atoms with E-state index in [0.29, 0.717) is 13.1 Å². The van der Waals surface area contributed by atoms with Gasteiger partial charge in [0.2, 0.25) is 11.8 Å². The summed E-state index contributed by atoms with van der Waals surface area (Å²) in [5.41, 5.74) is 0. The van der Waals surface area contributed by atoms with E-state index in [2.05, 4.69) is 48.1 Å². The molecule has 0 fully saturated rings. The van der Waals surface area contributed by atoms with E-state index in [1.165, 1.54) is 0 Å². The molecular weight excluding hydrogens is 292 g/mol. The molecule has 0 aromatic heterocycles. The Morgan fingerprint density at radius 2 is 1.04 bits per heavy atom. The zero-order valence-corrected chi connectivity index (χ0v) is 15.5. The van der Waals surface area contributed by atoms with Crippen LogP contribution in [0.1, 0.15) is 47.0 Å². The Hall–Kier alpha value is -1.14. The number of carbonyl (C=O) groups is 2. The van der Waals surface area contributed by atoms with Gasteiger partial charge in [-0.25, -0.2) is 0 Å². The second kappa shape index (κ2) is 14.5. The Labute approximate surface area is 142 Å². The summed E-state index contributed by atoms with van der Waals surface area (Å²) in [5.74, 6) is -0.378. The number of nitrogens with one attached hydrogen (secondary N) is 2. The van der Waals surface area contributed by atoms with Gasteiger partial charge in [0.05, 0.1) is 0 Å². The third-order valence-electron chi connectivity index (χ3n) is 4.06. The van der Waals surface area contributed by atoms with E-state index in [0.717, 1.165) is 52.1 Å². The summed E-state index contributed by atoms with van der Waals surface area (Å²) in [5, 5.41) is 5.62. The molecule has 0 saturated heterocycles. The van der Waals surface area contributed by atoms with E-state index in [1.807, 2.05) is 0 Å². The molecule has 6 heteroatoms. The van der Waals surface area contributed by atoms with Crippen molar-refractivity contribution >= 4 is 11.8 Å². The summed E-state index contributed by atoms with van der Waals surface area (Å²) >= 11 is 0. The first-order chi connectivity index (χ1) is 11.1. The lowest BCUT2D eigenvalue weighted by atomic mass is 10.3. The molecule has 0 heterocycles. The quantitative estimate of drug-likeness (QED) is 0.370. The van der Waals surface area contributed by atoms with Crippen LogP contribution in [0.5, 0.6) is 0 Å². The zero-order chi connectivity index (χ0) is 17.5. The monoisotopic (exact) mass is 328 g/mol. The molecule has 2 amide bonds. The minimum atomic E-state index is -0.189. The van der Waals surface area contributed by atoms with Gasteiger partial charge in [-0.3, -0.25) is 9.59 Å². The number of nitrogens with zero attached hydrogens (tertiary/aromatic N) is 2. The topological polar surface area (TPSA) is 64.7 Å². The van der Waals surface area contributed by atoms with Gasteiger partial charge in [-0.05, 0) is 52.1 Å². The van der Waals surface area contributed by atoms with Gasteiger partial charge < -0.3 is 20.4 Å². The Balaban J connectivity index is 3.64. The van der Waals surface area contributed by atoms with Gasteiger partial charge in [-0.15, -0.1) is 0 Å². The molecule has 0 spiro atoms. The largest absolute Gasteiger partial charge is 0.356 e. The molecule has 0 rings (SSSR count). The fourth-order valence-corrected chi connectivity index (χ4v) is 2.41. The summed E-state index contributed by atoms with van der Waals surface area (Å²) < 4.78 is 0. The summed E-state index contributed by atoms with van der Waals surface area (Å²) in [6.45, 7) is 15.9. The molecule has 0 bridgehead atoms. The fraction of sp³-hybridized carbons (Fsp3) is 0.882. The average molecular weight is 329 g/mol. The van der Waals surface area contributed by atoms with Gasteiger partial charge in [0.15, 0.2) is 0 Å². The standard InChI is InChI=1S/C17H36N4O2/c1-5-20(6-2)13-9-11-18-16(22)15-17(23)19-12-10-14-21(7-3)8-4/h5-15H2,1-4H3,(H,18,22)(H,19,23). The maximum atomic E-state index is 11.7. The first kappa shape index (κ1) is 21.9. The molecule has 0 aliphatic heterocycles. The number of rotatable bonds is 14. The van der Waals surface area contributed by atoms with Crippen LogP contribution in [0.4, 0.5) is 0 Å². The normalized spacial score (nSPS) is 11.0. The highest BCUT2D eigenvalue weighted by Gasteiger charge is 2.08. The highest BCUT2D eigenvalue weighted by Crippen LogP contribution is 1.91. The number of amides is 2. The first-order valence-corrected chi connectivity index (χ1v) is 9.05. The molecule has 0 saturated carbocycles. The summed E-state index contributed by atoms with van der Waals surface area (Å²) in [6.07, 6.45) is 1.76. The van der Waals surface area contributed by atoms with Crippen LogP contribution in [0.2, 0.25) is 0 Å². The molecule has 0 unspecified atom stereocenters. The molecule has 0 aliphatic carbocycles. The third-order valence-corrected chi connectivity index (χ3v) is 4.06. The SMILES string of the molecule is CCN(CC)CCCNC(=O)CC(=O)NCCCN(CC)CC. The van der Waals surface area contributed by atoms with Crippen molar-refractivity contribution in [3.63, 3.8) is 0 Å². The highest BCUT2D eigenvalue weighted by molar-refractivity contribution is 5.96. The minimum absolute atomic E-state index is 0.0729. The van der Waals surface area contributed by atoms with Crippen LogP contribution < -0.4 is 10.6 Å². The van der Waals surface area contributed by atoms with Crippen molar-refractivity contribution in [1.29, 1.82) is 0 Å². The van der Waals surface area contributed by atoms with Crippen LogP contribution in [0.25, 0.3) is 0 Å². The third kappa shape index (κ3) is 12.0. The predicted molar refractivity (Wildman–Crippen MR) is 95.4 cm³/mol. The van der Waals surface area contributed by atoms with Crippen molar-refractivity contribution in [3.8, 4) is 0 Å².